The van der Waals surface area contributed by atoms with Gasteiger partial charge in [-0.2, -0.15) is 0 Å². The predicted molar refractivity (Wildman–Crippen MR) is 105 cm³/mol. The maximum absolute atomic E-state index is 12.2. The van der Waals surface area contributed by atoms with E-state index in [1.54, 1.807) is 0 Å². The first-order chi connectivity index (χ1) is 13.6. The number of carbonyl (C=O) groups is 1. The van der Waals surface area contributed by atoms with Gasteiger partial charge in [0.25, 0.3) is 11.1 Å². The van der Waals surface area contributed by atoms with Crippen LogP contribution in [-0.2, 0) is 24.3 Å². The lowest BCUT2D eigenvalue weighted by molar-refractivity contribution is -0.121. The number of rotatable bonds is 7. The molecule has 2 heterocycles. The zero-order chi connectivity index (χ0) is 19.9. The molecule has 0 spiro atoms. The molecule has 1 aromatic carbocycles. The number of nitrogens with one attached hydrogen (secondary N) is 1. The Balaban J connectivity index is 1.56. The van der Waals surface area contributed by atoms with E-state index < -0.39 is 0 Å². The van der Waals surface area contributed by atoms with Gasteiger partial charge in [0, 0.05) is 36.5 Å². The second-order valence-electron chi connectivity index (χ2n) is 6.22. The van der Waals surface area contributed by atoms with Crippen LogP contribution < -0.4 is 16.4 Å². The Morgan fingerprint density at radius 1 is 1.00 bits per heavy atom. The quantitative estimate of drug-likeness (QED) is 0.656. The SMILES string of the molecule is CCc1cc(=O)n(CCNC(=O)Cn2cnc(-c3ccccc3)cc2=O)cn1. The first kappa shape index (κ1) is 19.2. The van der Waals surface area contributed by atoms with Crippen LogP contribution >= 0.6 is 0 Å². The molecule has 0 aliphatic heterocycles. The number of hydrogen-bond donors (Lipinski definition) is 1. The smallest absolute Gasteiger partial charge is 0.254 e. The molecule has 0 fully saturated rings. The van der Waals surface area contributed by atoms with Gasteiger partial charge < -0.3 is 5.32 Å². The van der Waals surface area contributed by atoms with Crippen LogP contribution in [-0.4, -0.2) is 31.6 Å². The first-order valence-corrected chi connectivity index (χ1v) is 9.01. The molecule has 28 heavy (non-hydrogen) atoms. The first-order valence-electron chi connectivity index (χ1n) is 9.01. The number of aryl methyl sites for hydroxylation is 1. The number of benzene rings is 1. The largest absolute Gasteiger partial charge is 0.353 e. The van der Waals surface area contributed by atoms with Crippen molar-refractivity contribution >= 4 is 5.91 Å². The van der Waals surface area contributed by atoms with Gasteiger partial charge in [-0.05, 0) is 6.42 Å². The summed E-state index contributed by atoms with van der Waals surface area (Å²) in [4.78, 5) is 44.7. The summed E-state index contributed by atoms with van der Waals surface area (Å²) in [5.41, 5.74) is 1.67. The van der Waals surface area contributed by atoms with Crippen molar-refractivity contribution in [3.63, 3.8) is 0 Å². The molecule has 0 atom stereocenters. The van der Waals surface area contributed by atoms with Crippen LogP contribution in [0.25, 0.3) is 11.3 Å². The monoisotopic (exact) mass is 379 g/mol. The molecule has 1 amide bonds. The standard InChI is InChI=1S/C20H21N5O3/c1-2-16-10-19(27)24(13-22-16)9-8-21-18(26)12-25-14-23-17(11-20(25)28)15-6-4-3-5-7-15/h3-7,10-11,13-14H,2,8-9,12H2,1H3,(H,21,26). The third-order valence-electron chi connectivity index (χ3n) is 4.24. The molecule has 0 saturated carbocycles. The highest BCUT2D eigenvalue weighted by Crippen LogP contribution is 2.13. The molecular formula is C20H21N5O3. The lowest BCUT2D eigenvalue weighted by Gasteiger charge is -2.09. The summed E-state index contributed by atoms with van der Waals surface area (Å²) in [7, 11) is 0. The fraction of sp³-hybridized carbons (Fsp3) is 0.250. The highest BCUT2D eigenvalue weighted by molar-refractivity contribution is 5.75. The Bertz CT molecular complexity index is 1070. The minimum Gasteiger partial charge on any atom is -0.353 e. The van der Waals surface area contributed by atoms with Crippen LogP contribution in [0.3, 0.4) is 0 Å². The van der Waals surface area contributed by atoms with Crippen molar-refractivity contribution in [1.29, 1.82) is 0 Å². The Morgan fingerprint density at radius 3 is 2.39 bits per heavy atom. The molecular weight excluding hydrogens is 358 g/mol. The average molecular weight is 379 g/mol. The molecule has 0 saturated heterocycles. The molecule has 8 nitrogen and oxygen atoms in total. The van der Waals surface area contributed by atoms with E-state index in [4.69, 9.17) is 0 Å². The minimum atomic E-state index is -0.331. The third-order valence-corrected chi connectivity index (χ3v) is 4.24. The maximum Gasteiger partial charge on any atom is 0.254 e. The van der Waals surface area contributed by atoms with E-state index in [0.29, 0.717) is 18.7 Å². The van der Waals surface area contributed by atoms with Gasteiger partial charge in [-0.1, -0.05) is 37.3 Å². The molecule has 3 rings (SSSR count). The number of amides is 1. The summed E-state index contributed by atoms with van der Waals surface area (Å²) in [5.74, 6) is -0.331. The van der Waals surface area contributed by atoms with Gasteiger partial charge in [0.05, 0.1) is 18.3 Å². The van der Waals surface area contributed by atoms with Gasteiger partial charge in [-0.15, -0.1) is 0 Å². The van der Waals surface area contributed by atoms with Crippen LogP contribution in [0.15, 0.2) is 64.7 Å². The van der Waals surface area contributed by atoms with Crippen molar-refractivity contribution < 1.29 is 4.79 Å². The fourth-order valence-electron chi connectivity index (χ4n) is 2.66. The van der Waals surface area contributed by atoms with Gasteiger partial charge in [0.1, 0.15) is 6.54 Å². The molecule has 0 aliphatic rings. The van der Waals surface area contributed by atoms with Crippen molar-refractivity contribution in [2.24, 2.45) is 0 Å². The molecule has 0 aliphatic carbocycles. The van der Waals surface area contributed by atoms with Crippen LogP contribution in [0.4, 0.5) is 0 Å². The van der Waals surface area contributed by atoms with E-state index in [-0.39, 0.29) is 30.1 Å². The van der Waals surface area contributed by atoms with Crippen molar-refractivity contribution in [3.05, 3.63) is 81.5 Å². The molecule has 3 aromatic rings. The van der Waals surface area contributed by atoms with Crippen LogP contribution in [0.2, 0.25) is 0 Å². The molecule has 1 N–H and O–H groups in total. The zero-order valence-electron chi connectivity index (χ0n) is 15.5. The summed E-state index contributed by atoms with van der Waals surface area (Å²) < 4.78 is 2.67. The Hall–Kier alpha value is -3.55. The molecule has 8 heteroatoms. The lowest BCUT2D eigenvalue weighted by Crippen LogP contribution is -2.35. The van der Waals surface area contributed by atoms with E-state index in [9.17, 15) is 14.4 Å². The van der Waals surface area contributed by atoms with Crippen LogP contribution in [0.5, 0.6) is 0 Å². The highest BCUT2D eigenvalue weighted by Gasteiger charge is 2.07. The summed E-state index contributed by atoms with van der Waals surface area (Å²) >= 11 is 0. The van der Waals surface area contributed by atoms with E-state index in [0.717, 1.165) is 11.3 Å². The number of carbonyl (C=O) groups excluding carboxylic acids is 1. The molecule has 2 aromatic heterocycles. The summed E-state index contributed by atoms with van der Waals surface area (Å²) in [5, 5.41) is 2.70. The van der Waals surface area contributed by atoms with Gasteiger partial charge in [0.15, 0.2) is 0 Å². The van der Waals surface area contributed by atoms with Crippen LogP contribution in [0, 0.1) is 0 Å². The lowest BCUT2D eigenvalue weighted by atomic mass is 10.1. The third kappa shape index (κ3) is 4.79. The van der Waals surface area contributed by atoms with Gasteiger partial charge in [-0.25, -0.2) is 9.97 Å². The zero-order valence-corrected chi connectivity index (χ0v) is 15.5. The van der Waals surface area contributed by atoms with Gasteiger partial charge in [0.2, 0.25) is 5.91 Å². The summed E-state index contributed by atoms with van der Waals surface area (Å²) in [6.07, 6.45) is 3.53. The number of hydrogen-bond acceptors (Lipinski definition) is 5. The van der Waals surface area contributed by atoms with Crippen molar-refractivity contribution in [2.75, 3.05) is 6.54 Å². The fourth-order valence-corrected chi connectivity index (χ4v) is 2.66. The second kappa shape index (κ2) is 8.90. The minimum absolute atomic E-state index is 0.136. The Kier molecular flexibility index (Phi) is 6.11. The summed E-state index contributed by atoms with van der Waals surface area (Å²) in [6.45, 7) is 2.36. The molecule has 144 valence electrons. The van der Waals surface area contributed by atoms with Crippen molar-refractivity contribution in [3.8, 4) is 11.3 Å². The maximum atomic E-state index is 12.2. The van der Waals surface area contributed by atoms with E-state index in [1.165, 1.54) is 33.9 Å². The molecule has 0 radical (unpaired) electrons. The number of aromatic nitrogens is 4. The second-order valence-corrected chi connectivity index (χ2v) is 6.22. The van der Waals surface area contributed by atoms with Gasteiger partial charge in [-0.3, -0.25) is 23.5 Å². The van der Waals surface area contributed by atoms with Gasteiger partial charge >= 0.3 is 0 Å². The Morgan fingerprint density at radius 2 is 1.71 bits per heavy atom. The van der Waals surface area contributed by atoms with Crippen LogP contribution in [0.1, 0.15) is 12.6 Å². The number of nitrogens with zero attached hydrogens (tertiary/aromatic N) is 4. The predicted octanol–water partition coefficient (Wildman–Crippen LogP) is 0.846. The topological polar surface area (TPSA) is 98.9 Å². The molecule has 0 bridgehead atoms. The molecule has 0 unspecified atom stereocenters. The van der Waals surface area contributed by atoms with E-state index in [2.05, 4.69) is 15.3 Å². The normalized spacial score (nSPS) is 10.6. The average Bonchev–Trinajstić information content (AvgIpc) is 2.71. The van der Waals surface area contributed by atoms with Crippen molar-refractivity contribution in [2.45, 2.75) is 26.4 Å². The van der Waals surface area contributed by atoms with E-state index in [1.807, 2.05) is 37.3 Å². The Labute approximate surface area is 161 Å². The summed E-state index contributed by atoms with van der Waals surface area (Å²) in [6, 6.07) is 12.2. The highest BCUT2D eigenvalue weighted by atomic mass is 16.2. The van der Waals surface area contributed by atoms with E-state index >= 15 is 0 Å². The van der Waals surface area contributed by atoms with Crippen molar-refractivity contribution in [1.82, 2.24) is 24.4 Å².